The standard InChI is InChI=1S/C17H22Cl2N2O3/c1-2-3-10-24-17(23)21-8-6-13(7-9-21)20-16(22)14-11-12(18)4-5-15(14)19/h4-5,11,13H,2-3,6-10H2,1H3,(H,20,22). The van der Waals surface area contributed by atoms with E-state index < -0.39 is 0 Å². The molecule has 2 amide bonds. The number of hydrogen-bond donors (Lipinski definition) is 1. The van der Waals surface area contributed by atoms with Gasteiger partial charge in [0.25, 0.3) is 5.91 Å². The van der Waals surface area contributed by atoms with Crippen LogP contribution in [0.1, 0.15) is 43.0 Å². The van der Waals surface area contributed by atoms with Crippen LogP contribution in [0.3, 0.4) is 0 Å². The van der Waals surface area contributed by atoms with E-state index in [1.807, 2.05) is 6.92 Å². The van der Waals surface area contributed by atoms with Crippen LogP contribution in [0.2, 0.25) is 10.0 Å². The average molecular weight is 373 g/mol. The second kappa shape index (κ2) is 9.14. The number of halogens is 2. The van der Waals surface area contributed by atoms with E-state index in [1.54, 1.807) is 23.1 Å². The molecule has 1 fully saturated rings. The smallest absolute Gasteiger partial charge is 0.409 e. The molecule has 1 aliphatic heterocycles. The van der Waals surface area contributed by atoms with E-state index in [-0.39, 0.29) is 18.0 Å². The Morgan fingerprint density at radius 3 is 2.67 bits per heavy atom. The summed E-state index contributed by atoms with van der Waals surface area (Å²) in [4.78, 5) is 25.9. The van der Waals surface area contributed by atoms with Crippen molar-refractivity contribution in [3.8, 4) is 0 Å². The van der Waals surface area contributed by atoms with Crippen molar-refractivity contribution in [2.45, 2.75) is 38.6 Å². The van der Waals surface area contributed by atoms with Crippen molar-refractivity contribution < 1.29 is 14.3 Å². The van der Waals surface area contributed by atoms with E-state index in [1.165, 1.54) is 0 Å². The molecule has 1 aromatic carbocycles. The second-order valence-corrected chi connectivity index (χ2v) is 6.67. The third-order valence-corrected chi connectivity index (χ3v) is 4.55. The number of ether oxygens (including phenoxy) is 1. The minimum Gasteiger partial charge on any atom is -0.449 e. The SMILES string of the molecule is CCCCOC(=O)N1CCC(NC(=O)c2cc(Cl)ccc2Cl)CC1. The van der Waals surface area contributed by atoms with Gasteiger partial charge in [-0.2, -0.15) is 0 Å². The van der Waals surface area contributed by atoms with E-state index in [0.717, 1.165) is 12.8 Å². The topological polar surface area (TPSA) is 58.6 Å². The van der Waals surface area contributed by atoms with Crippen molar-refractivity contribution >= 4 is 35.2 Å². The molecule has 0 aliphatic carbocycles. The van der Waals surface area contributed by atoms with E-state index in [2.05, 4.69) is 5.32 Å². The second-order valence-electron chi connectivity index (χ2n) is 5.83. The van der Waals surface area contributed by atoms with Gasteiger partial charge in [0.1, 0.15) is 0 Å². The summed E-state index contributed by atoms with van der Waals surface area (Å²) in [6.07, 6.45) is 2.97. The lowest BCUT2D eigenvalue weighted by Crippen LogP contribution is -2.46. The van der Waals surface area contributed by atoms with Gasteiger partial charge >= 0.3 is 6.09 Å². The quantitative estimate of drug-likeness (QED) is 0.790. The number of rotatable bonds is 5. The van der Waals surface area contributed by atoms with Crippen LogP contribution in [0.5, 0.6) is 0 Å². The molecule has 7 heteroatoms. The molecule has 2 rings (SSSR count). The highest BCUT2D eigenvalue weighted by atomic mass is 35.5. The van der Waals surface area contributed by atoms with Gasteiger partial charge in [-0.3, -0.25) is 4.79 Å². The zero-order valence-electron chi connectivity index (χ0n) is 13.7. The molecular weight excluding hydrogens is 351 g/mol. The van der Waals surface area contributed by atoms with Gasteiger partial charge < -0.3 is 15.0 Å². The molecule has 0 bridgehead atoms. The molecule has 0 atom stereocenters. The molecule has 1 aliphatic rings. The first-order valence-corrected chi connectivity index (χ1v) is 8.94. The molecule has 1 aromatic rings. The van der Waals surface area contributed by atoms with Gasteiger partial charge in [-0.25, -0.2) is 4.79 Å². The van der Waals surface area contributed by atoms with Gasteiger partial charge in [-0.15, -0.1) is 0 Å². The number of likely N-dealkylation sites (tertiary alicyclic amines) is 1. The highest BCUT2D eigenvalue weighted by Gasteiger charge is 2.25. The summed E-state index contributed by atoms with van der Waals surface area (Å²) in [5, 5.41) is 3.79. The molecular formula is C17H22Cl2N2O3. The first-order chi connectivity index (χ1) is 11.5. The van der Waals surface area contributed by atoms with Crippen LogP contribution in [0.25, 0.3) is 0 Å². The lowest BCUT2D eigenvalue weighted by atomic mass is 10.0. The Morgan fingerprint density at radius 2 is 2.00 bits per heavy atom. The zero-order valence-corrected chi connectivity index (χ0v) is 15.2. The van der Waals surface area contributed by atoms with Crippen molar-refractivity contribution in [1.82, 2.24) is 10.2 Å². The molecule has 5 nitrogen and oxygen atoms in total. The number of nitrogens with one attached hydrogen (secondary N) is 1. The Bertz CT molecular complexity index is 587. The Hall–Kier alpha value is -1.46. The minimum absolute atomic E-state index is 0.00670. The van der Waals surface area contributed by atoms with Gasteiger partial charge in [0.2, 0.25) is 0 Å². The van der Waals surface area contributed by atoms with E-state index in [0.29, 0.717) is 48.1 Å². The summed E-state index contributed by atoms with van der Waals surface area (Å²) in [6.45, 7) is 3.64. The van der Waals surface area contributed by atoms with Crippen molar-refractivity contribution in [2.75, 3.05) is 19.7 Å². The zero-order chi connectivity index (χ0) is 17.5. The third-order valence-electron chi connectivity index (χ3n) is 3.98. The summed E-state index contributed by atoms with van der Waals surface area (Å²) >= 11 is 12.0. The predicted molar refractivity (Wildman–Crippen MR) is 94.8 cm³/mol. The lowest BCUT2D eigenvalue weighted by Gasteiger charge is -2.31. The number of nitrogens with zero attached hydrogens (tertiary/aromatic N) is 1. The number of unbranched alkanes of at least 4 members (excludes halogenated alkanes) is 1. The van der Waals surface area contributed by atoms with Gasteiger partial charge in [-0.05, 0) is 37.5 Å². The molecule has 0 radical (unpaired) electrons. The van der Waals surface area contributed by atoms with Crippen molar-refractivity contribution in [2.24, 2.45) is 0 Å². The maximum atomic E-state index is 12.3. The number of piperidine rings is 1. The summed E-state index contributed by atoms with van der Waals surface area (Å²) < 4.78 is 5.20. The molecule has 0 spiro atoms. The fourth-order valence-electron chi connectivity index (χ4n) is 2.54. The fourth-order valence-corrected chi connectivity index (χ4v) is 2.91. The van der Waals surface area contributed by atoms with Gasteiger partial charge in [0.15, 0.2) is 0 Å². The van der Waals surface area contributed by atoms with E-state index in [9.17, 15) is 9.59 Å². The van der Waals surface area contributed by atoms with Crippen molar-refractivity contribution in [1.29, 1.82) is 0 Å². The Balaban J connectivity index is 1.81. The molecule has 1 N–H and O–H groups in total. The van der Waals surface area contributed by atoms with Crippen molar-refractivity contribution in [3.05, 3.63) is 33.8 Å². The number of hydrogen-bond acceptors (Lipinski definition) is 3. The normalized spacial score (nSPS) is 15.2. The molecule has 0 unspecified atom stereocenters. The molecule has 0 aromatic heterocycles. The molecule has 24 heavy (non-hydrogen) atoms. The summed E-state index contributed by atoms with van der Waals surface area (Å²) in [6, 6.07) is 4.81. The highest BCUT2D eigenvalue weighted by Crippen LogP contribution is 2.21. The van der Waals surface area contributed by atoms with Crippen molar-refractivity contribution in [3.63, 3.8) is 0 Å². The predicted octanol–water partition coefficient (Wildman–Crippen LogP) is 4.12. The molecule has 132 valence electrons. The van der Waals surface area contributed by atoms with Crippen LogP contribution >= 0.6 is 23.2 Å². The van der Waals surface area contributed by atoms with E-state index >= 15 is 0 Å². The molecule has 1 heterocycles. The number of amides is 2. The number of carbonyl (C=O) groups excluding carboxylic acids is 2. The Labute approximate surface area is 152 Å². The maximum absolute atomic E-state index is 12.3. The molecule has 1 saturated heterocycles. The van der Waals surface area contributed by atoms with Crippen LogP contribution in [0, 0.1) is 0 Å². The first-order valence-electron chi connectivity index (χ1n) is 8.19. The minimum atomic E-state index is -0.272. The number of benzene rings is 1. The van der Waals surface area contributed by atoms with Gasteiger partial charge in [-0.1, -0.05) is 36.5 Å². The van der Waals surface area contributed by atoms with Crippen LogP contribution in [-0.2, 0) is 4.74 Å². The number of carbonyl (C=O) groups is 2. The Kier molecular flexibility index (Phi) is 7.18. The summed E-state index contributed by atoms with van der Waals surface area (Å²) in [7, 11) is 0. The fraction of sp³-hybridized carbons (Fsp3) is 0.529. The van der Waals surface area contributed by atoms with Crippen LogP contribution in [0.4, 0.5) is 4.79 Å². The van der Waals surface area contributed by atoms with Crippen LogP contribution in [0.15, 0.2) is 18.2 Å². The summed E-state index contributed by atoms with van der Waals surface area (Å²) in [5.41, 5.74) is 0.366. The largest absolute Gasteiger partial charge is 0.449 e. The Morgan fingerprint density at radius 1 is 1.29 bits per heavy atom. The van der Waals surface area contributed by atoms with Crippen LogP contribution < -0.4 is 5.32 Å². The highest BCUT2D eigenvalue weighted by molar-refractivity contribution is 6.35. The summed E-state index contributed by atoms with van der Waals surface area (Å²) in [5.74, 6) is -0.244. The third kappa shape index (κ3) is 5.28. The average Bonchev–Trinajstić information content (AvgIpc) is 2.57. The van der Waals surface area contributed by atoms with Gasteiger partial charge in [0, 0.05) is 24.2 Å². The lowest BCUT2D eigenvalue weighted by molar-refractivity contribution is 0.0836. The molecule has 0 saturated carbocycles. The first kappa shape index (κ1) is 18.9. The van der Waals surface area contributed by atoms with Gasteiger partial charge in [0.05, 0.1) is 17.2 Å². The monoisotopic (exact) mass is 372 g/mol. The van der Waals surface area contributed by atoms with Crippen LogP contribution in [-0.4, -0.2) is 42.6 Å². The van der Waals surface area contributed by atoms with E-state index in [4.69, 9.17) is 27.9 Å². The maximum Gasteiger partial charge on any atom is 0.409 e.